The summed E-state index contributed by atoms with van der Waals surface area (Å²) < 4.78 is 5.44. The fraction of sp³-hybridized carbons (Fsp3) is 0.636. The quantitative estimate of drug-likeness (QED) is 0.811. The van der Waals surface area contributed by atoms with Crippen molar-refractivity contribution >= 4 is 5.91 Å². The predicted octanol–water partition coefficient (Wildman–Crippen LogP) is 0.994. The summed E-state index contributed by atoms with van der Waals surface area (Å²) in [6.45, 7) is 4.49. The molecule has 5 nitrogen and oxygen atoms in total. The maximum Gasteiger partial charge on any atom is 0.240 e. The summed E-state index contributed by atoms with van der Waals surface area (Å²) >= 11 is 0. The Morgan fingerprint density at radius 1 is 1.69 bits per heavy atom. The van der Waals surface area contributed by atoms with E-state index in [0.29, 0.717) is 5.89 Å². The van der Waals surface area contributed by atoms with Crippen LogP contribution in [0.2, 0.25) is 0 Å². The molecule has 2 unspecified atom stereocenters. The molecule has 1 fully saturated rings. The molecule has 0 aliphatic carbocycles. The highest BCUT2D eigenvalue weighted by molar-refractivity contribution is 5.82. The predicted molar refractivity (Wildman–Crippen MR) is 58.6 cm³/mol. The van der Waals surface area contributed by atoms with E-state index in [1.807, 2.05) is 13.8 Å². The zero-order valence-electron chi connectivity index (χ0n) is 9.64. The lowest BCUT2D eigenvalue weighted by atomic mass is 10.0. The van der Waals surface area contributed by atoms with Gasteiger partial charge in [0.2, 0.25) is 11.8 Å². The van der Waals surface area contributed by atoms with Gasteiger partial charge in [-0.2, -0.15) is 0 Å². The molecule has 1 saturated heterocycles. The van der Waals surface area contributed by atoms with Gasteiger partial charge in [0.25, 0.3) is 0 Å². The summed E-state index contributed by atoms with van der Waals surface area (Å²) in [5.74, 6) is 1.34. The fourth-order valence-corrected chi connectivity index (χ4v) is 2.01. The van der Waals surface area contributed by atoms with Gasteiger partial charge in [-0.3, -0.25) is 4.79 Å². The molecule has 0 spiro atoms. The zero-order chi connectivity index (χ0) is 11.7. The van der Waals surface area contributed by atoms with Crippen LogP contribution in [-0.2, 0) is 4.79 Å². The maximum atomic E-state index is 11.9. The number of nitrogens with two attached hydrogens (primary N) is 1. The molecule has 1 aromatic heterocycles. The SMILES string of the molecule is Cc1cnc(C(C)N2CCCC(N)C2=O)o1. The Hall–Kier alpha value is -1.36. The molecule has 1 aromatic rings. The third-order valence-electron chi connectivity index (χ3n) is 2.98. The monoisotopic (exact) mass is 223 g/mol. The van der Waals surface area contributed by atoms with E-state index in [9.17, 15) is 4.79 Å². The lowest BCUT2D eigenvalue weighted by molar-refractivity contribution is -0.137. The summed E-state index contributed by atoms with van der Waals surface area (Å²) in [6, 6.07) is -0.500. The van der Waals surface area contributed by atoms with Gasteiger partial charge in [-0.25, -0.2) is 4.98 Å². The number of hydrogen-bond donors (Lipinski definition) is 1. The van der Waals surface area contributed by atoms with Crippen LogP contribution in [0.3, 0.4) is 0 Å². The van der Waals surface area contributed by atoms with Gasteiger partial charge < -0.3 is 15.1 Å². The summed E-state index contributed by atoms with van der Waals surface area (Å²) in [5.41, 5.74) is 5.75. The van der Waals surface area contributed by atoms with E-state index in [1.54, 1.807) is 11.1 Å². The molecule has 0 saturated carbocycles. The van der Waals surface area contributed by atoms with Crippen molar-refractivity contribution in [1.82, 2.24) is 9.88 Å². The second-order valence-corrected chi connectivity index (χ2v) is 4.27. The van der Waals surface area contributed by atoms with Gasteiger partial charge in [0.15, 0.2) is 0 Å². The van der Waals surface area contributed by atoms with Crippen LogP contribution in [0.15, 0.2) is 10.6 Å². The van der Waals surface area contributed by atoms with Crippen LogP contribution in [-0.4, -0.2) is 28.4 Å². The molecule has 1 aliphatic heterocycles. The Balaban J connectivity index is 2.14. The number of hydrogen-bond acceptors (Lipinski definition) is 4. The summed E-state index contributed by atoms with van der Waals surface area (Å²) in [7, 11) is 0. The smallest absolute Gasteiger partial charge is 0.240 e. The topological polar surface area (TPSA) is 72.4 Å². The summed E-state index contributed by atoms with van der Waals surface area (Å²) in [5, 5.41) is 0. The highest BCUT2D eigenvalue weighted by atomic mass is 16.4. The van der Waals surface area contributed by atoms with E-state index in [0.717, 1.165) is 25.1 Å². The van der Waals surface area contributed by atoms with Gasteiger partial charge in [-0.15, -0.1) is 0 Å². The fourth-order valence-electron chi connectivity index (χ4n) is 2.01. The first kappa shape index (κ1) is 11.1. The molecular weight excluding hydrogens is 206 g/mol. The van der Waals surface area contributed by atoms with Crippen LogP contribution in [0.4, 0.5) is 0 Å². The Morgan fingerprint density at radius 3 is 3.06 bits per heavy atom. The largest absolute Gasteiger partial charge is 0.444 e. The first-order chi connectivity index (χ1) is 7.59. The number of likely N-dealkylation sites (tertiary alicyclic amines) is 1. The highest BCUT2D eigenvalue weighted by Gasteiger charge is 2.31. The van der Waals surface area contributed by atoms with Crippen LogP contribution < -0.4 is 5.73 Å². The Bertz CT molecular complexity index is 388. The second kappa shape index (κ2) is 4.25. The van der Waals surface area contributed by atoms with E-state index < -0.39 is 0 Å². The number of aryl methyl sites for hydroxylation is 1. The van der Waals surface area contributed by atoms with E-state index in [-0.39, 0.29) is 18.0 Å². The average Bonchev–Trinajstić information content (AvgIpc) is 2.68. The number of nitrogens with zero attached hydrogens (tertiary/aromatic N) is 2. The standard InChI is InChI=1S/C11H17N3O2/c1-7-6-13-10(16-7)8(2)14-5-3-4-9(12)11(14)15/h6,8-9H,3-5,12H2,1-2H3. The molecule has 2 heterocycles. The molecule has 5 heteroatoms. The van der Waals surface area contributed by atoms with Crippen molar-refractivity contribution in [3.05, 3.63) is 17.8 Å². The number of rotatable bonds is 2. The molecule has 2 atom stereocenters. The molecule has 16 heavy (non-hydrogen) atoms. The van der Waals surface area contributed by atoms with Gasteiger partial charge in [0, 0.05) is 6.54 Å². The number of piperidine rings is 1. The van der Waals surface area contributed by atoms with Gasteiger partial charge >= 0.3 is 0 Å². The third kappa shape index (κ3) is 1.95. The number of carbonyl (C=O) groups is 1. The molecule has 1 amide bonds. The van der Waals surface area contributed by atoms with Crippen molar-refractivity contribution in [3.63, 3.8) is 0 Å². The van der Waals surface area contributed by atoms with Gasteiger partial charge in [-0.1, -0.05) is 0 Å². The number of carbonyl (C=O) groups excluding carboxylic acids is 1. The molecule has 0 aromatic carbocycles. The third-order valence-corrected chi connectivity index (χ3v) is 2.98. The molecule has 2 N–H and O–H groups in total. The zero-order valence-corrected chi connectivity index (χ0v) is 9.64. The van der Waals surface area contributed by atoms with Crippen LogP contribution in [0.1, 0.15) is 37.5 Å². The Kier molecular flexibility index (Phi) is 2.96. The van der Waals surface area contributed by atoms with E-state index in [2.05, 4.69) is 4.98 Å². The lowest BCUT2D eigenvalue weighted by Gasteiger charge is -2.33. The minimum atomic E-state index is -0.368. The van der Waals surface area contributed by atoms with E-state index in [1.165, 1.54) is 0 Å². The van der Waals surface area contributed by atoms with Gasteiger partial charge in [-0.05, 0) is 26.7 Å². The first-order valence-electron chi connectivity index (χ1n) is 5.58. The first-order valence-corrected chi connectivity index (χ1v) is 5.58. The normalized spacial score (nSPS) is 23.6. The highest BCUT2D eigenvalue weighted by Crippen LogP contribution is 2.24. The summed E-state index contributed by atoms with van der Waals surface area (Å²) in [4.78, 5) is 17.8. The molecule has 2 rings (SSSR count). The minimum Gasteiger partial charge on any atom is -0.444 e. The molecule has 0 bridgehead atoms. The van der Waals surface area contributed by atoms with Gasteiger partial charge in [0.05, 0.1) is 12.2 Å². The maximum absolute atomic E-state index is 11.9. The molecule has 1 aliphatic rings. The summed E-state index contributed by atoms with van der Waals surface area (Å²) in [6.07, 6.45) is 3.38. The van der Waals surface area contributed by atoms with Crippen molar-refractivity contribution in [3.8, 4) is 0 Å². The van der Waals surface area contributed by atoms with Crippen molar-refractivity contribution in [2.45, 2.75) is 38.8 Å². The van der Waals surface area contributed by atoms with Crippen molar-refractivity contribution in [1.29, 1.82) is 0 Å². The van der Waals surface area contributed by atoms with E-state index in [4.69, 9.17) is 10.2 Å². The second-order valence-electron chi connectivity index (χ2n) is 4.27. The number of oxazole rings is 1. The number of aromatic nitrogens is 1. The van der Waals surface area contributed by atoms with Crippen LogP contribution in [0, 0.1) is 6.92 Å². The van der Waals surface area contributed by atoms with Crippen LogP contribution in [0.5, 0.6) is 0 Å². The van der Waals surface area contributed by atoms with Crippen molar-refractivity contribution in [2.24, 2.45) is 5.73 Å². The van der Waals surface area contributed by atoms with Gasteiger partial charge in [0.1, 0.15) is 11.8 Å². The Morgan fingerprint density at radius 2 is 2.44 bits per heavy atom. The van der Waals surface area contributed by atoms with Crippen LogP contribution in [0.25, 0.3) is 0 Å². The lowest BCUT2D eigenvalue weighted by Crippen LogP contribution is -2.49. The van der Waals surface area contributed by atoms with Crippen molar-refractivity contribution < 1.29 is 9.21 Å². The average molecular weight is 223 g/mol. The molecular formula is C11H17N3O2. The Labute approximate surface area is 94.6 Å². The molecule has 88 valence electrons. The number of amides is 1. The minimum absolute atomic E-state index is 0.00500. The van der Waals surface area contributed by atoms with Crippen molar-refractivity contribution in [2.75, 3.05) is 6.54 Å². The van der Waals surface area contributed by atoms with E-state index >= 15 is 0 Å². The van der Waals surface area contributed by atoms with Crippen LogP contribution >= 0.6 is 0 Å². The molecule has 0 radical (unpaired) electrons.